The highest BCUT2D eigenvalue weighted by Crippen LogP contribution is 2.39. The summed E-state index contributed by atoms with van der Waals surface area (Å²) in [7, 11) is 0. The predicted octanol–water partition coefficient (Wildman–Crippen LogP) is 10.7. The fraction of sp³-hybridized carbons (Fsp3) is 0.538. The van der Waals surface area contributed by atoms with Crippen LogP contribution in [-0.4, -0.2) is 20.2 Å². The van der Waals surface area contributed by atoms with Crippen LogP contribution in [0.25, 0.3) is 0 Å². The summed E-state index contributed by atoms with van der Waals surface area (Å²) < 4.78 is 0. The molecule has 0 unspecified atom stereocenters. The highest BCUT2D eigenvalue weighted by Gasteiger charge is 2.21. The second-order valence-corrected chi connectivity index (χ2v) is 14.4. The third-order valence-electron chi connectivity index (χ3n) is 8.64. The van der Waals surface area contributed by atoms with Gasteiger partial charge in [-0.1, -0.05) is 119 Å². The van der Waals surface area contributed by atoms with Gasteiger partial charge >= 0.3 is 0 Å². The molecule has 3 rings (SSSR count). The molecule has 236 valence electrons. The second-order valence-electron chi connectivity index (χ2n) is 14.4. The largest absolute Gasteiger partial charge is 0.507 e. The Bertz CT molecular complexity index is 1140. The van der Waals surface area contributed by atoms with Crippen molar-refractivity contribution in [2.75, 3.05) is 0 Å². The van der Waals surface area contributed by atoms with E-state index in [0.29, 0.717) is 36.9 Å². The minimum absolute atomic E-state index is 0.212. The molecule has 0 saturated carbocycles. The zero-order valence-corrected chi connectivity index (χ0v) is 28.8. The summed E-state index contributed by atoms with van der Waals surface area (Å²) in [6.07, 6.45) is 0. The number of hydrogen-bond donors (Lipinski definition) is 3. The van der Waals surface area contributed by atoms with Gasteiger partial charge in [0.1, 0.15) is 17.2 Å². The topological polar surface area (TPSA) is 63.9 Å². The number of nitrogens with zero attached hydrogens (tertiary/aromatic N) is 1. The molecule has 0 fully saturated rings. The summed E-state index contributed by atoms with van der Waals surface area (Å²) >= 11 is 0. The van der Waals surface area contributed by atoms with Crippen molar-refractivity contribution < 1.29 is 15.3 Å². The molecule has 4 heteroatoms. The zero-order chi connectivity index (χ0) is 32.3. The molecule has 3 aromatic rings. The van der Waals surface area contributed by atoms with Crippen LogP contribution in [0.5, 0.6) is 17.2 Å². The van der Waals surface area contributed by atoms with Gasteiger partial charge in [0, 0.05) is 19.6 Å². The first-order chi connectivity index (χ1) is 20.0. The van der Waals surface area contributed by atoms with E-state index in [1.165, 1.54) is 16.7 Å². The number of aromatic hydroxyl groups is 3. The quantitative estimate of drug-likeness (QED) is 0.197. The molecule has 0 amide bonds. The Kier molecular flexibility index (Phi) is 11.4. The molecule has 0 aromatic heterocycles. The molecule has 0 aliphatic heterocycles. The SMILES string of the molecule is CC(C)c1cc(CN(Cc2cc(C(C)C)c(O)c(C(C)C)c2)Cc2cc(C(C)C)c(O)c(C(C)C)c2)cc(C(C)C)c1O. The van der Waals surface area contributed by atoms with Gasteiger partial charge in [-0.05, 0) is 85.6 Å². The normalized spacial score (nSPS) is 12.3. The van der Waals surface area contributed by atoms with Gasteiger partial charge in [0.2, 0.25) is 0 Å². The van der Waals surface area contributed by atoms with Crippen LogP contribution in [0.2, 0.25) is 0 Å². The molecule has 0 radical (unpaired) electrons. The molecule has 0 aliphatic rings. The molecular weight excluding hydrogens is 530 g/mol. The molecule has 0 saturated heterocycles. The Morgan fingerprint density at radius 1 is 0.372 bits per heavy atom. The van der Waals surface area contributed by atoms with Crippen LogP contribution in [0.1, 0.15) is 169 Å². The lowest BCUT2D eigenvalue weighted by molar-refractivity contribution is 0.246. The molecule has 0 heterocycles. The number of phenols is 3. The van der Waals surface area contributed by atoms with E-state index in [1.807, 2.05) is 0 Å². The summed E-state index contributed by atoms with van der Waals surface area (Å²) in [5.74, 6) is 2.54. The van der Waals surface area contributed by atoms with Crippen molar-refractivity contribution in [3.63, 3.8) is 0 Å². The van der Waals surface area contributed by atoms with Crippen molar-refractivity contribution in [1.29, 1.82) is 0 Å². The van der Waals surface area contributed by atoms with Gasteiger partial charge in [0.05, 0.1) is 0 Å². The molecule has 0 bridgehead atoms. The molecule has 3 aromatic carbocycles. The maximum Gasteiger partial charge on any atom is 0.122 e. The molecule has 43 heavy (non-hydrogen) atoms. The zero-order valence-electron chi connectivity index (χ0n) is 28.8. The maximum absolute atomic E-state index is 11.1. The maximum atomic E-state index is 11.1. The third kappa shape index (κ3) is 8.15. The fourth-order valence-corrected chi connectivity index (χ4v) is 6.09. The summed E-state index contributed by atoms with van der Waals surface area (Å²) in [5.41, 5.74) is 9.49. The number of hydrogen-bond acceptors (Lipinski definition) is 4. The average molecular weight is 588 g/mol. The van der Waals surface area contributed by atoms with E-state index in [2.05, 4.69) is 124 Å². The molecule has 4 nitrogen and oxygen atoms in total. The van der Waals surface area contributed by atoms with Crippen LogP contribution in [0, 0.1) is 0 Å². The van der Waals surface area contributed by atoms with Crippen LogP contribution < -0.4 is 0 Å². The fourth-order valence-electron chi connectivity index (χ4n) is 6.09. The van der Waals surface area contributed by atoms with Crippen molar-refractivity contribution in [2.24, 2.45) is 0 Å². The minimum atomic E-state index is 0.212. The Morgan fingerprint density at radius 2 is 0.535 bits per heavy atom. The highest BCUT2D eigenvalue weighted by molar-refractivity contribution is 5.49. The van der Waals surface area contributed by atoms with Crippen LogP contribution in [0.15, 0.2) is 36.4 Å². The van der Waals surface area contributed by atoms with Crippen molar-refractivity contribution in [3.05, 3.63) is 86.5 Å². The van der Waals surface area contributed by atoms with Crippen LogP contribution >= 0.6 is 0 Å². The van der Waals surface area contributed by atoms with E-state index in [0.717, 1.165) is 33.4 Å². The first-order valence-electron chi connectivity index (χ1n) is 16.3. The van der Waals surface area contributed by atoms with Gasteiger partial charge in [0.25, 0.3) is 0 Å². The molecule has 0 spiro atoms. The van der Waals surface area contributed by atoms with Crippen molar-refractivity contribution in [2.45, 2.75) is 138 Å². The smallest absolute Gasteiger partial charge is 0.122 e. The number of phenolic OH excluding ortho intramolecular Hbond substituents is 3. The third-order valence-corrected chi connectivity index (χ3v) is 8.64. The van der Waals surface area contributed by atoms with Crippen LogP contribution in [-0.2, 0) is 19.6 Å². The van der Waals surface area contributed by atoms with E-state index in [1.54, 1.807) is 0 Å². The molecule has 0 aliphatic carbocycles. The second kappa shape index (κ2) is 14.2. The van der Waals surface area contributed by atoms with Crippen molar-refractivity contribution in [3.8, 4) is 17.2 Å². The van der Waals surface area contributed by atoms with Gasteiger partial charge in [0.15, 0.2) is 0 Å². The average Bonchev–Trinajstić information content (AvgIpc) is 2.90. The molecule has 0 atom stereocenters. The lowest BCUT2D eigenvalue weighted by atomic mass is 9.90. The standard InChI is InChI=1S/C39H57NO3/c1-22(2)31-13-28(14-32(23(3)4)37(31)41)19-40(20-29-15-33(24(5)6)38(42)34(16-29)25(7)8)21-30-17-35(26(9)10)39(43)36(18-30)27(11)12/h13-18,22-27,41-43H,19-21H2,1-12H3. The molecule has 3 N–H and O–H groups in total. The Hall–Kier alpha value is -2.98. The summed E-state index contributed by atoms with van der Waals surface area (Å²) in [6, 6.07) is 13.0. The van der Waals surface area contributed by atoms with Gasteiger partial charge < -0.3 is 15.3 Å². The Labute approximate surface area is 261 Å². The van der Waals surface area contributed by atoms with E-state index >= 15 is 0 Å². The number of rotatable bonds is 12. The van der Waals surface area contributed by atoms with Crippen LogP contribution in [0.3, 0.4) is 0 Å². The number of benzene rings is 3. The minimum Gasteiger partial charge on any atom is -0.507 e. The van der Waals surface area contributed by atoms with Crippen molar-refractivity contribution in [1.82, 2.24) is 4.90 Å². The van der Waals surface area contributed by atoms with Gasteiger partial charge in [-0.3, -0.25) is 4.90 Å². The summed E-state index contributed by atoms with van der Waals surface area (Å²) in [6.45, 7) is 27.7. The van der Waals surface area contributed by atoms with Gasteiger partial charge in [-0.25, -0.2) is 0 Å². The lowest BCUT2D eigenvalue weighted by Gasteiger charge is -2.27. The Balaban J connectivity index is 2.18. The van der Waals surface area contributed by atoms with E-state index in [-0.39, 0.29) is 35.5 Å². The molecular formula is C39H57NO3. The summed E-state index contributed by atoms with van der Waals surface area (Å²) in [5, 5.41) is 33.2. The lowest BCUT2D eigenvalue weighted by Crippen LogP contribution is -2.23. The van der Waals surface area contributed by atoms with E-state index < -0.39 is 0 Å². The first-order valence-corrected chi connectivity index (χ1v) is 16.3. The predicted molar refractivity (Wildman–Crippen MR) is 182 cm³/mol. The first kappa shape index (κ1) is 34.5. The highest BCUT2D eigenvalue weighted by atomic mass is 16.3. The van der Waals surface area contributed by atoms with E-state index in [9.17, 15) is 15.3 Å². The Morgan fingerprint density at radius 3 is 0.674 bits per heavy atom. The van der Waals surface area contributed by atoms with Crippen LogP contribution in [0.4, 0.5) is 0 Å². The van der Waals surface area contributed by atoms with Gasteiger partial charge in [-0.2, -0.15) is 0 Å². The summed E-state index contributed by atoms with van der Waals surface area (Å²) in [4.78, 5) is 2.46. The van der Waals surface area contributed by atoms with Crippen molar-refractivity contribution >= 4 is 0 Å². The monoisotopic (exact) mass is 587 g/mol. The van der Waals surface area contributed by atoms with E-state index in [4.69, 9.17) is 0 Å². The van der Waals surface area contributed by atoms with Gasteiger partial charge in [-0.15, -0.1) is 0 Å².